The summed E-state index contributed by atoms with van der Waals surface area (Å²) in [6.45, 7) is 8.26. The minimum atomic E-state index is 0.575. The number of hydrogen-bond donors (Lipinski definition) is 1. The Morgan fingerprint density at radius 3 is 2.45 bits per heavy atom. The van der Waals surface area contributed by atoms with Gasteiger partial charge in [-0.25, -0.2) is 0 Å². The first-order chi connectivity index (χ1) is 9.62. The van der Waals surface area contributed by atoms with E-state index in [1.807, 2.05) is 0 Å². The van der Waals surface area contributed by atoms with Crippen molar-refractivity contribution in [2.24, 2.45) is 23.2 Å². The van der Waals surface area contributed by atoms with Gasteiger partial charge in [0.1, 0.15) is 0 Å². The number of hydrogen-bond acceptors (Lipinski definition) is 2. The van der Waals surface area contributed by atoms with Gasteiger partial charge in [-0.1, -0.05) is 13.8 Å². The van der Waals surface area contributed by atoms with Crippen LogP contribution >= 0.6 is 0 Å². The molecule has 0 aromatic carbocycles. The summed E-state index contributed by atoms with van der Waals surface area (Å²) in [7, 11) is 0. The summed E-state index contributed by atoms with van der Waals surface area (Å²) in [5, 5.41) is 3.80. The molecule has 0 spiro atoms. The zero-order chi connectivity index (χ0) is 14.0. The largest absolute Gasteiger partial charge is 0.381 e. The zero-order valence-electron chi connectivity index (χ0n) is 13.5. The van der Waals surface area contributed by atoms with Crippen LogP contribution in [0.25, 0.3) is 0 Å². The first-order valence-corrected chi connectivity index (χ1v) is 8.93. The van der Waals surface area contributed by atoms with E-state index in [1.54, 1.807) is 0 Å². The molecule has 116 valence electrons. The zero-order valence-corrected chi connectivity index (χ0v) is 13.5. The normalized spacial score (nSPS) is 35.1. The number of nitrogens with one attached hydrogen (secondary N) is 1. The van der Waals surface area contributed by atoms with Crippen molar-refractivity contribution in [2.75, 3.05) is 19.8 Å². The van der Waals surface area contributed by atoms with Crippen molar-refractivity contribution in [3.05, 3.63) is 0 Å². The topological polar surface area (TPSA) is 21.3 Å². The van der Waals surface area contributed by atoms with E-state index in [-0.39, 0.29) is 0 Å². The molecule has 2 heteroatoms. The molecule has 0 radical (unpaired) electrons. The Morgan fingerprint density at radius 2 is 1.75 bits per heavy atom. The van der Waals surface area contributed by atoms with Gasteiger partial charge in [0.15, 0.2) is 0 Å². The van der Waals surface area contributed by atoms with E-state index in [0.29, 0.717) is 5.41 Å². The van der Waals surface area contributed by atoms with E-state index in [9.17, 15) is 0 Å². The fourth-order valence-corrected chi connectivity index (χ4v) is 4.35. The van der Waals surface area contributed by atoms with Crippen molar-refractivity contribution >= 4 is 0 Å². The van der Waals surface area contributed by atoms with Gasteiger partial charge in [-0.05, 0) is 81.1 Å². The first kappa shape index (κ1) is 14.8. The third-order valence-electron chi connectivity index (χ3n) is 5.90. The van der Waals surface area contributed by atoms with Gasteiger partial charge < -0.3 is 10.1 Å². The fraction of sp³-hybridized carbons (Fsp3) is 1.00. The molecule has 2 saturated carbocycles. The summed E-state index contributed by atoms with van der Waals surface area (Å²) in [4.78, 5) is 0. The smallest absolute Gasteiger partial charge is 0.0468 e. The SMILES string of the molecule is CC1(C)CCC(CNC2CC2)C(CC2CCOCC2)C1. The minimum Gasteiger partial charge on any atom is -0.381 e. The second-order valence-electron chi connectivity index (χ2n) is 8.40. The van der Waals surface area contributed by atoms with Gasteiger partial charge in [-0.3, -0.25) is 0 Å². The molecular formula is C18H33NO. The molecule has 20 heavy (non-hydrogen) atoms. The Bertz CT molecular complexity index is 303. The first-order valence-electron chi connectivity index (χ1n) is 8.93. The van der Waals surface area contributed by atoms with Crippen LogP contribution in [0, 0.1) is 23.2 Å². The van der Waals surface area contributed by atoms with E-state index in [2.05, 4.69) is 19.2 Å². The highest BCUT2D eigenvalue weighted by molar-refractivity contribution is 4.89. The van der Waals surface area contributed by atoms with Gasteiger partial charge in [-0.15, -0.1) is 0 Å². The van der Waals surface area contributed by atoms with E-state index in [4.69, 9.17) is 4.74 Å². The molecule has 3 rings (SSSR count). The standard InChI is InChI=1S/C18H33NO/c1-18(2)8-5-15(13-19-17-3-4-17)16(12-18)11-14-6-9-20-10-7-14/h14-17,19H,3-13H2,1-2H3. The average Bonchev–Trinajstić information content (AvgIpc) is 3.22. The predicted octanol–water partition coefficient (Wildman–Crippen LogP) is 4.00. The van der Waals surface area contributed by atoms with Crippen LogP contribution in [-0.4, -0.2) is 25.8 Å². The van der Waals surface area contributed by atoms with Crippen molar-refractivity contribution in [1.29, 1.82) is 0 Å². The molecule has 1 saturated heterocycles. The van der Waals surface area contributed by atoms with Crippen LogP contribution in [-0.2, 0) is 4.74 Å². The van der Waals surface area contributed by atoms with Crippen molar-refractivity contribution in [3.8, 4) is 0 Å². The Hall–Kier alpha value is -0.0800. The lowest BCUT2D eigenvalue weighted by atomic mass is 9.64. The summed E-state index contributed by atoms with van der Waals surface area (Å²) in [5.74, 6) is 2.82. The molecule has 2 unspecified atom stereocenters. The van der Waals surface area contributed by atoms with Crippen LogP contribution in [0.5, 0.6) is 0 Å². The lowest BCUT2D eigenvalue weighted by Gasteiger charge is -2.43. The van der Waals surface area contributed by atoms with Crippen LogP contribution < -0.4 is 5.32 Å². The Morgan fingerprint density at radius 1 is 1.00 bits per heavy atom. The lowest BCUT2D eigenvalue weighted by Crippen LogP contribution is -2.38. The number of ether oxygens (including phenoxy) is 1. The van der Waals surface area contributed by atoms with Gasteiger partial charge in [0.2, 0.25) is 0 Å². The monoisotopic (exact) mass is 279 g/mol. The van der Waals surface area contributed by atoms with Crippen LogP contribution in [0.4, 0.5) is 0 Å². The summed E-state index contributed by atoms with van der Waals surface area (Å²) in [5.41, 5.74) is 0.575. The van der Waals surface area contributed by atoms with Crippen molar-refractivity contribution in [2.45, 2.75) is 71.3 Å². The molecule has 2 aliphatic carbocycles. The summed E-state index contributed by atoms with van der Waals surface area (Å²) >= 11 is 0. The maximum absolute atomic E-state index is 5.53. The van der Waals surface area contributed by atoms with Gasteiger partial charge >= 0.3 is 0 Å². The van der Waals surface area contributed by atoms with Crippen LogP contribution in [0.2, 0.25) is 0 Å². The van der Waals surface area contributed by atoms with Crippen molar-refractivity contribution < 1.29 is 4.74 Å². The quantitative estimate of drug-likeness (QED) is 0.821. The molecule has 0 aromatic rings. The highest BCUT2D eigenvalue weighted by atomic mass is 16.5. The summed E-state index contributed by atoms with van der Waals surface area (Å²) < 4.78 is 5.53. The van der Waals surface area contributed by atoms with Crippen molar-refractivity contribution in [1.82, 2.24) is 5.32 Å². The fourth-order valence-electron chi connectivity index (χ4n) is 4.35. The second-order valence-corrected chi connectivity index (χ2v) is 8.40. The van der Waals surface area contributed by atoms with E-state index >= 15 is 0 Å². The van der Waals surface area contributed by atoms with Crippen LogP contribution in [0.3, 0.4) is 0 Å². The van der Waals surface area contributed by atoms with Gasteiger partial charge in [0.25, 0.3) is 0 Å². The molecule has 0 aromatic heterocycles. The maximum atomic E-state index is 5.53. The van der Waals surface area contributed by atoms with E-state index < -0.39 is 0 Å². The predicted molar refractivity (Wildman–Crippen MR) is 83.8 cm³/mol. The molecule has 1 N–H and O–H groups in total. The van der Waals surface area contributed by atoms with Crippen LogP contribution in [0.1, 0.15) is 65.2 Å². The average molecular weight is 279 g/mol. The molecular weight excluding hydrogens is 246 g/mol. The molecule has 3 fully saturated rings. The van der Waals surface area contributed by atoms with E-state index in [0.717, 1.165) is 37.0 Å². The Labute approximate surface area is 125 Å². The molecule has 1 aliphatic heterocycles. The Balaban J connectivity index is 1.54. The summed E-state index contributed by atoms with van der Waals surface area (Å²) in [6.07, 6.45) is 11.2. The lowest BCUT2D eigenvalue weighted by molar-refractivity contribution is 0.0378. The number of rotatable bonds is 5. The minimum absolute atomic E-state index is 0.575. The third kappa shape index (κ3) is 4.21. The molecule has 2 nitrogen and oxygen atoms in total. The molecule has 0 bridgehead atoms. The van der Waals surface area contributed by atoms with Gasteiger partial charge in [0.05, 0.1) is 0 Å². The third-order valence-corrected chi connectivity index (χ3v) is 5.90. The van der Waals surface area contributed by atoms with Gasteiger partial charge in [-0.2, -0.15) is 0 Å². The van der Waals surface area contributed by atoms with E-state index in [1.165, 1.54) is 57.9 Å². The highest BCUT2D eigenvalue weighted by Crippen LogP contribution is 2.45. The maximum Gasteiger partial charge on any atom is 0.0468 e. The van der Waals surface area contributed by atoms with Crippen molar-refractivity contribution in [3.63, 3.8) is 0 Å². The Kier molecular flexibility index (Phi) is 4.72. The molecule has 3 aliphatic rings. The highest BCUT2D eigenvalue weighted by Gasteiger charge is 2.36. The molecule has 0 amide bonds. The molecule has 2 atom stereocenters. The second kappa shape index (κ2) is 6.36. The summed E-state index contributed by atoms with van der Waals surface area (Å²) in [6, 6.07) is 0.869. The molecule has 1 heterocycles. The van der Waals surface area contributed by atoms with Gasteiger partial charge in [0, 0.05) is 19.3 Å². The van der Waals surface area contributed by atoms with Crippen LogP contribution in [0.15, 0.2) is 0 Å².